The average molecular weight is 298 g/mol. The third kappa shape index (κ3) is 5.87. The first-order valence-corrected chi connectivity index (χ1v) is 7.20. The Bertz CT molecular complexity index is 326. The molecule has 0 radical (unpaired) electrons. The van der Waals surface area contributed by atoms with E-state index in [2.05, 4.69) is 40.2 Å². The van der Waals surface area contributed by atoms with E-state index in [1.54, 1.807) is 0 Å². The molecule has 94 valence electrons. The van der Waals surface area contributed by atoms with Crippen LogP contribution in [0.1, 0.15) is 24.8 Å². The predicted octanol–water partition coefficient (Wildman–Crippen LogP) is 3.25. The van der Waals surface area contributed by atoms with Gasteiger partial charge in [-0.05, 0) is 24.8 Å². The Balaban J connectivity index is 2.14. The van der Waals surface area contributed by atoms with E-state index in [1.807, 2.05) is 18.0 Å². The van der Waals surface area contributed by atoms with E-state index in [9.17, 15) is 4.79 Å². The monoisotopic (exact) mass is 297 g/mol. The minimum Gasteiger partial charge on any atom is -0.346 e. The van der Waals surface area contributed by atoms with Gasteiger partial charge in [0, 0.05) is 25.3 Å². The molecule has 0 unspecified atom stereocenters. The van der Waals surface area contributed by atoms with E-state index >= 15 is 0 Å². The molecule has 1 aromatic rings. The van der Waals surface area contributed by atoms with Crippen LogP contribution in [-0.2, 0) is 11.2 Å². The molecule has 0 fully saturated rings. The molecule has 0 N–H and O–H groups in total. The number of nitrogens with zero attached hydrogens (tertiary/aromatic N) is 1. The second-order valence-corrected chi connectivity index (χ2v) is 4.99. The summed E-state index contributed by atoms with van der Waals surface area (Å²) in [5, 5.41) is 0.750. The van der Waals surface area contributed by atoms with Gasteiger partial charge in [0.15, 0.2) is 0 Å². The van der Waals surface area contributed by atoms with E-state index in [-0.39, 0.29) is 5.91 Å². The smallest absolute Gasteiger partial charge is 0.223 e. The van der Waals surface area contributed by atoms with Crippen LogP contribution in [0.15, 0.2) is 30.3 Å². The summed E-state index contributed by atoms with van der Waals surface area (Å²) in [7, 11) is 1.88. The summed E-state index contributed by atoms with van der Waals surface area (Å²) in [6.45, 7) is 0.860. The van der Waals surface area contributed by atoms with Gasteiger partial charge in [0.25, 0.3) is 0 Å². The molecule has 0 heterocycles. The SMILES string of the molecule is CN(CCCCc1ccccc1)C(=O)CCBr. The van der Waals surface area contributed by atoms with Crippen molar-refractivity contribution in [1.29, 1.82) is 0 Å². The van der Waals surface area contributed by atoms with Gasteiger partial charge >= 0.3 is 0 Å². The van der Waals surface area contributed by atoms with Crippen molar-refractivity contribution in [2.75, 3.05) is 18.9 Å². The molecule has 0 aliphatic carbocycles. The lowest BCUT2D eigenvalue weighted by atomic mass is 10.1. The summed E-state index contributed by atoms with van der Waals surface area (Å²) in [5.74, 6) is 0.224. The fraction of sp³-hybridized carbons (Fsp3) is 0.500. The second kappa shape index (κ2) is 8.29. The number of benzene rings is 1. The topological polar surface area (TPSA) is 20.3 Å². The number of carbonyl (C=O) groups excluding carboxylic acids is 1. The Morgan fingerprint density at radius 3 is 2.59 bits per heavy atom. The first-order valence-electron chi connectivity index (χ1n) is 6.08. The van der Waals surface area contributed by atoms with E-state index in [0.29, 0.717) is 6.42 Å². The highest BCUT2D eigenvalue weighted by Gasteiger charge is 2.06. The summed E-state index contributed by atoms with van der Waals surface area (Å²) >= 11 is 3.28. The molecule has 0 atom stereocenters. The van der Waals surface area contributed by atoms with Gasteiger partial charge in [0.2, 0.25) is 5.91 Å². The molecule has 0 spiro atoms. The Hall–Kier alpha value is -0.830. The zero-order valence-electron chi connectivity index (χ0n) is 10.4. The van der Waals surface area contributed by atoms with E-state index < -0.39 is 0 Å². The number of alkyl halides is 1. The van der Waals surface area contributed by atoms with Crippen molar-refractivity contribution in [2.24, 2.45) is 0 Å². The van der Waals surface area contributed by atoms with Crippen molar-refractivity contribution in [3.8, 4) is 0 Å². The summed E-state index contributed by atoms with van der Waals surface area (Å²) < 4.78 is 0. The number of carbonyl (C=O) groups is 1. The van der Waals surface area contributed by atoms with Crippen molar-refractivity contribution >= 4 is 21.8 Å². The molecule has 17 heavy (non-hydrogen) atoms. The molecule has 1 amide bonds. The van der Waals surface area contributed by atoms with Crippen LogP contribution in [0.4, 0.5) is 0 Å². The summed E-state index contributed by atoms with van der Waals surface area (Å²) in [5.41, 5.74) is 1.38. The van der Waals surface area contributed by atoms with Gasteiger partial charge in [-0.3, -0.25) is 4.79 Å². The van der Waals surface area contributed by atoms with Crippen molar-refractivity contribution in [3.63, 3.8) is 0 Å². The zero-order chi connectivity index (χ0) is 12.5. The first-order chi connectivity index (χ1) is 8.24. The molecule has 0 aliphatic heterocycles. The molecule has 2 nitrogen and oxygen atoms in total. The molecule has 0 saturated carbocycles. The summed E-state index contributed by atoms with van der Waals surface area (Å²) in [4.78, 5) is 13.3. The third-order valence-electron chi connectivity index (χ3n) is 2.79. The number of aryl methyl sites for hydroxylation is 1. The van der Waals surface area contributed by atoms with Crippen LogP contribution >= 0.6 is 15.9 Å². The number of hydrogen-bond acceptors (Lipinski definition) is 1. The van der Waals surface area contributed by atoms with Crippen LogP contribution in [0.2, 0.25) is 0 Å². The number of rotatable bonds is 7. The lowest BCUT2D eigenvalue weighted by molar-refractivity contribution is -0.129. The normalized spacial score (nSPS) is 10.2. The Labute approximate surface area is 112 Å². The van der Waals surface area contributed by atoms with Gasteiger partial charge in [0.05, 0.1) is 0 Å². The molecule has 3 heteroatoms. The maximum atomic E-state index is 11.5. The van der Waals surface area contributed by atoms with Gasteiger partial charge in [-0.25, -0.2) is 0 Å². The molecule has 0 aliphatic rings. The number of unbranched alkanes of at least 4 members (excludes halogenated alkanes) is 1. The summed E-state index contributed by atoms with van der Waals surface area (Å²) in [6, 6.07) is 10.5. The van der Waals surface area contributed by atoms with E-state index in [4.69, 9.17) is 0 Å². The quantitative estimate of drug-likeness (QED) is 0.559. The van der Waals surface area contributed by atoms with E-state index in [0.717, 1.165) is 31.1 Å². The first kappa shape index (κ1) is 14.2. The number of amides is 1. The average Bonchev–Trinajstić information content (AvgIpc) is 2.36. The Morgan fingerprint density at radius 1 is 1.24 bits per heavy atom. The van der Waals surface area contributed by atoms with Crippen molar-refractivity contribution in [2.45, 2.75) is 25.7 Å². The molecule has 1 rings (SSSR count). The molecular weight excluding hydrogens is 278 g/mol. The van der Waals surface area contributed by atoms with Crippen LogP contribution in [0.3, 0.4) is 0 Å². The third-order valence-corrected chi connectivity index (χ3v) is 3.18. The maximum Gasteiger partial charge on any atom is 0.223 e. The van der Waals surface area contributed by atoms with Crippen LogP contribution in [0.5, 0.6) is 0 Å². The van der Waals surface area contributed by atoms with E-state index in [1.165, 1.54) is 5.56 Å². The van der Waals surface area contributed by atoms with Crippen molar-refractivity contribution in [3.05, 3.63) is 35.9 Å². The molecule has 1 aromatic carbocycles. The Morgan fingerprint density at radius 2 is 1.94 bits per heavy atom. The highest BCUT2D eigenvalue weighted by molar-refractivity contribution is 9.09. The standard InChI is InChI=1S/C14H20BrNO/c1-16(14(17)10-11-15)12-6-5-9-13-7-3-2-4-8-13/h2-4,7-8H,5-6,9-12H2,1H3. The highest BCUT2D eigenvalue weighted by Crippen LogP contribution is 2.05. The minimum absolute atomic E-state index is 0.224. The van der Waals surface area contributed by atoms with Crippen LogP contribution in [0, 0.1) is 0 Å². The van der Waals surface area contributed by atoms with Crippen LogP contribution in [-0.4, -0.2) is 29.7 Å². The number of halogens is 1. The van der Waals surface area contributed by atoms with Crippen LogP contribution in [0.25, 0.3) is 0 Å². The van der Waals surface area contributed by atoms with Crippen molar-refractivity contribution < 1.29 is 4.79 Å². The molecule has 0 aromatic heterocycles. The predicted molar refractivity (Wildman–Crippen MR) is 75.4 cm³/mol. The molecular formula is C14H20BrNO. The zero-order valence-corrected chi connectivity index (χ0v) is 11.9. The largest absolute Gasteiger partial charge is 0.346 e. The molecule has 0 saturated heterocycles. The fourth-order valence-corrected chi connectivity index (χ4v) is 2.06. The number of hydrogen-bond donors (Lipinski definition) is 0. The maximum absolute atomic E-state index is 11.5. The van der Waals surface area contributed by atoms with Crippen molar-refractivity contribution in [1.82, 2.24) is 4.90 Å². The Kier molecular flexibility index (Phi) is 6.94. The second-order valence-electron chi connectivity index (χ2n) is 4.20. The fourth-order valence-electron chi connectivity index (χ4n) is 1.72. The van der Waals surface area contributed by atoms with Gasteiger partial charge in [-0.15, -0.1) is 0 Å². The van der Waals surface area contributed by atoms with Crippen LogP contribution < -0.4 is 0 Å². The van der Waals surface area contributed by atoms with Gasteiger partial charge in [0.1, 0.15) is 0 Å². The van der Waals surface area contributed by atoms with Gasteiger partial charge in [-0.1, -0.05) is 46.3 Å². The lowest BCUT2D eigenvalue weighted by Gasteiger charge is -2.16. The van der Waals surface area contributed by atoms with Gasteiger partial charge < -0.3 is 4.90 Å². The minimum atomic E-state index is 0.224. The molecule has 0 bridgehead atoms. The lowest BCUT2D eigenvalue weighted by Crippen LogP contribution is -2.27. The van der Waals surface area contributed by atoms with Gasteiger partial charge in [-0.2, -0.15) is 0 Å². The highest BCUT2D eigenvalue weighted by atomic mass is 79.9. The summed E-state index contributed by atoms with van der Waals surface area (Å²) in [6.07, 6.45) is 3.89.